The van der Waals surface area contributed by atoms with Gasteiger partial charge in [-0.3, -0.25) is 4.90 Å². The number of esters is 1. The van der Waals surface area contributed by atoms with E-state index in [0.29, 0.717) is 0 Å². The van der Waals surface area contributed by atoms with E-state index in [9.17, 15) is 4.79 Å². The Bertz CT molecular complexity index is 375. The van der Waals surface area contributed by atoms with Crippen molar-refractivity contribution in [3.05, 3.63) is 34.3 Å². The molecule has 1 aromatic carbocycles. The molecule has 0 aromatic heterocycles. The second-order valence-electron chi connectivity index (χ2n) is 3.97. The molecular formula is C12H16BrNO2. The third-order valence-electron chi connectivity index (χ3n) is 2.88. The molecule has 0 amide bonds. The van der Waals surface area contributed by atoms with E-state index in [-0.39, 0.29) is 5.97 Å². The Kier molecular flexibility index (Phi) is 4.10. The van der Waals surface area contributed by atoms with Crippen LogP contribution >= 0.6 is 15.9 Å². The van der Waals surface area contributed by atoms with Crippen LogP contribution in [0, 0.1) is 0 Å². The van der Waals surface area contributed by atoms with Gasteiger partial charge in [-0.25, -0.2) is 4.79 Å². The number of ether oxygens (including phenoxy) is 1. The third-order valence-corrected chi connectivity index (χ3v) is 3.41. The van der Waals surface area contributed by atoms with Crippen molar-refractivity contribution in [1.29, 1.82) is 0 Å². The largest absolute Gasteiger partial charge is 0.467 e. The van der Waals surface area contributed by atoms with Crippen LogP contribution in [0.1, 0.15) is 12.5 Å². The summed E-state index contributed by atoms with van der Waals surface area (Å²) in [6, 6.07) is 7.67. The summed E-state index contributed by atoms with van der Waals surface area (Å²) in [4.78, 5) is 13.7. The zero-order chi connectivity index (χ0) is 12.3. The Hall–Kier alpha value is -0.870. The van der Waals surface area contributed by atoms with Crippen LogP contribution < -0.4 is 0 Å². The molecule has 0 aliphatic carbocycles. The first kappa shape index (κ1) is 13.2. The highest BCUT2D eigenvalue weighted by molar-refractivity contribution is 9.10. The number of methoxy groups -OCH3 is 1. The molecule has 16 heavy (non-hydrogen) atoms. The van der Waals surface area contributed by atoms with Crippen LogP contribution in [0.2, 0.25) is 0 Å². The van der Waals surface area contributed by atoms with Gasteiger partial charge in [0.2, 0.25) is 0 Å². The third kappa shape index (κ3) is 2.28. The van der Waals surface area contributed by atoms with Gasteiger partial charge in [0.1, 0.15) is 5.54 Å². The van der Waals surface area contributed by atoms with Crippen molar-refractivity contribution in [2.45, 2.75) is 12.5 Å². The van der Waals surface area contributed by atoms with Crippen LogP contribution in [0.15, 0.2) is 28.7 Å². The number of hydrogen-bond acceptors (Lipinski definition) is 3. The lowest BCUT2D eigenvalue weighted by atomic mass is 9.91. The first-order valence-corrected chi connectivity index (χ1v) is 5.74. The second-order valence-corrected chi connectivity index (χ2v) is 4.88. The van der Waals surface area contributed by atoms with E-state index in [1.165, 1.54) is 7.11 Å². The van der Waals surface area contributed by atoms with Crippen molar-refractivity contribution < 1.29 is 9.53 Å². The zero-order valence-electron chi connectivity index (χ0n) is 9.95. The van der Waals surface area contributed by atoms with Gasteiger partial charge in [-0.2, -0.15) is 0 Å². The fourth-order valence-electron chi connectivity index (χ4n) is 1.53. The standard InChI is InChI=1S/C12H16BrNO2/c1-12(14(2)3,11(15)16-4)9-5-7-10(13)8-6-9/h5-8H,1-4H3. The van der Waals surface area contributed by atoms with E-state index >= 15 is 0 Å². The smallest absolute Gasteiger partial charge is 0.330 e. The minimum absolute atomic E-state index is 0.264. The maximum Gasteiger partial charge on any atom is 0.330 e. The summed E-state index contributed by atoms with van der Waals surface area (Å²) in [5.41, 5.74) is 0.155. The summed E-state index contributed by atoms with van der Waals surface area (Å²) in [5.74, 6) is -0.264. The van der Waals surface area contributed by atoms with Crippen LogP contribution in [0.25, 0.3) is 0 Å². The van der Waals surface area contributed by atoms with E-state index in [1.54, 1.807) is 0 Å². The van der Waals surface area contributed by atoms with Gasteiger partial charge in [-0.15, -0.1) is 0 Å². The van der Waals surface area contributed by atoms with E-state index in [2.05, 4.69) is 15.9 Å². The number of carbonyl (C=O) groups is 1. The Morgan fingerprint density at radius 2 is 1.81 bits per heavy atom. The molecule has 0 spiro atoms. The molecule has 0 fully saturated rings. The van der Waals surface area contributed by atoms with Crippen molar-refractivity contribution in [1.82, 2.24) is 4.90 Å². The Balaban J connectivity index is 3.21. The molecule has 0 radical (unpaired) electrons. The number of halogens is 1. The minimum atomic E-state index is -0.755. The maximum absolute atomic E-state index is 11.9. The first-order chi connectivity index (χ1) is 7.42. The van der Waals surface area contributed by atoms with Crippen molar-refractivity contribution in [2.75, 3.05) is 21.2 Å². The van der Waals surface area contributed by atoms with E-state index < -0.39 is 5.54 Å². The molecule has 3 nitrogen and oxygen atoms in total. The van der Waals surface area contributed by atoms with Gasteiger partial charge in [-0.1, -0.05) is 28.1 Å². The van der Waals surface area contributed by atoms with Gasteiger partial charge in [0, 0.05) is 4.47 Å². The SMILES string of the molecule is COC(=O)C(C)(c1ccc(Br)cc1)N(C)C. The Labute approximate surface area is 105 Å². The van der Waals surface area contributed by atoms with Gasteiger partial charge in [0.25, 0.3) is 0 Å². The maximum atomic E-state index is 11.9. The molecule has 0 aliphatic rings. The molecule has 0 N–H and O–H groups in total. The molecule has 1 rings (SSSR count). The molecular weight excluding hydrogens is 270 g/mol. The highest BCUT2D eigenvalue weighted by atomic mass is 79.9. The molecule has 4 heteroatoms. The van der Waals surface area contributed by atoms with Crippen molar-refractivity contribution in [2.24, 2.45) is 0 Å². The topological polar surface area (TPSA) is 29.5 Å². The molecule has 0 saturated carbocycles. The zero-order valence-corrected chi connectivity index (χ0v) is 11.5. The minimum Gasteiger partial charge on any atom is -0.467 e. The van der Waals surface area contributed by atoms with Gasteiger partial charge >= 0.3 is 5.97 Å². The van der Waals surface area contributed by atoms with Crippen LogP contribution in [0.4, 0.5) is 0 Å². The number of benzene rings is 1. The van der Waals surface area contributed by atoms with Gasteiger partial charge < -0.3 is 4.74 Å². The van der Waals surface area contributed by atoms with Crippen LogP contribution in [-0.2, 0) is 15.1 Å². The van der Waals surface area contributed by atoms with Crippen LogP contribution in [-0.4, -0.2) is 32.1 Å². The molecule has 1 unspecified atom stereocenters. The second kappa shape index (κ2) is 4.97. The van der Waals surface area contributed by atoms with Crippen LogP contribution in [0.3, 0.4) is 0 Å². The highest BCUT2D eigenvalue weighted by Crippen LogP contribution is 2.28. The predicted molar refractivity (Wildman–Crippen MR) is 67.2 cm³/mol. The average molecular weight is 286 g/mol. The van der Waals surface area contributed by atoms with E-state index in [0.717, 1.165) is 10.0 Å². The predicted octanol–water partition coefficient (Wildman–Crippen LogP) is 2.40. The lowest BCUT2D eigenvalue weighted by Crippen LogP contribution is -2.46. The van der Waals surface area contributed by atoms with Gasteiger partial charge in [0.15, 0.2) is 0 Å². The van der Waals surface area contributed by atoms with E-state index in [1.807, 2.05) is 50.2 Å². The quantitative estimate of drug-likeness (QED) is 0.799. The summed E-state index contributed by atoms with van der Waals surface area (Å²) in [6.45, 7) is 1.85. The summed E-state index contributed by atoms with van der Waals surface area (Å²) in [5, 5.41) is 0. The number of carbonyl (C=O) groups excluding carboxylic acids is 1. The molecule has 0 saturated heterocycles. The number of rotatable bonds is 3. The highest BCUT2D eigenvalue weighted by Gasteiger charge is 2.38. The Morgan fingerprint density at radius 3 is 2.19 bits per heavy atom. The number of likely N-dealkylation sites (N-methyl/N-ethyl adjacent to an activating group) is 1. The summed E-state index contributed by atoms with van der Waals surface area (Å²) >= 11 is 3.37. The van der Waals surface area contributed by atoms with Crippen LogP contribution in [0.5, 0.6) is 0 Å². The summed E-state index contributed by atoms with van der Waals surface area (Å²) < 4.78 is 5.86. The van der Waals surface area contributed by atoms with Crippen molar-refractivity contribution in [3.63, 3.8) is 0 Å². The molecule has 1 atom stereocenters. The lowest BCUT2D eigenvalue weighted by Gasteiger charge is -2.33. The van der Waals surface area contributed by atoms with Gasteiger partial charge in [-0.05, 0) is 38.7 Å². The molecule has 0 bridgehead atoms. The number of hydrogen-bond donors (Lipinski definition) is 0. The average Bonchev–Trinajstić information content (AvgIpc) is 2.27. The Morgan fingerprint density at radius 1 is 1.31 bits per heavy atom. The van der Waals surface area contributed by atoms with Gasteiger partial charge in [0.05, 0.1) is 7.11 Å². The molecule has 0 heterocycles. The summed E-state index contributed by atoms with van der Waals surface area (Å²) in [7, 11) is 5.13. The van der Waals surface area contributed by atoms with E-state index in [4.69, 9.17) is 4.74 Å². The normalized spacial score (nSPS) is 14.6. The fraction of sp³-hybridized carbons (Fsp3) is 0.417. The number of nitrogens with zero attached hydrogens (tertiary/aromatic N) is 1. The molecule has 88 valence electrons. The molecule has 0 aliphatic heterocycles. The monoisotopic (exact) mass is 285 g/mol. The fourth-order valence-corrected chi connectivity index (χ4v) is 1.80. The lowest BCUT2D eigenvalue weighted by molar-refractivity contribution is -0.153. The summed E-state index contributed by atoms with van der Waals surface area (Å²) in [6.07, 6.45) is 0. The van der Waals surface area contributed by atoms with Crippen molar-refractivity contribution in [3.8, 4) is 0 Å². The van der Waals surface area contributed by atoms with Crippen molar-refractivity contribution >= 4 is 21.9 Å². The first-order valence-electron chi connectivity index (χ1n) is 4.94. The molecule has 1 aromatic rings.